The number of carbonyl (C=O) groups excluding carboxylic acids is 1. The van der Waals surface area contributed by atoms with Gasteiger partial charge in [0.25, 0.3) is 0 Å². The molecule has 1 fully saturated rings. The highest BCUT2D eigenvalue weighted by Gasteiger charge is 2.36. The van der Waals surface area contributed by atoms with Crippen LogP contribution in [-0.2, 0) is 16.8 Å². The van der Waals surface area contributed by atoms with Crippen LogP contribution >= 0.6 is 0 Å². The summed E-state index contributed by atoms with van der Waals surface area (Å²) in [7, 11) is 0. The highest BCUT2D eigenvalue weighted by Crippen LogP contribution is 2.36. The van der Waals surface area contributed by atoms with E-state index < -0.39 is 5.60 Å². The molecule has 1 heterocycles. The second-order valence-corrected chi connectivity index (χ2v) is 8.34. The van der Waals surface area contributed by atoms with Crippen molar-refractivity contribution in [3.8, 4) is 0 Å². The van der Waals surface area contributed by atoms with Gasteiger partial charge in [-0.2, -0.15) is 0 Å². The number of aliphatic imine (C=N–C) groups is 1. The molecule has 2 aliphatic rings. The van der Waals surface area contributed by atoms with Gasteiger partial charge in [-0.1, -0.05) is 24.3 Å². The minimum absolute atomic E-state index is 0.0798. The third-order valence-corrected chi connectivity index (χ3v) is 5.64. The van der Waals surface area contributed by atoms with E-state index in [9.17, 15) is 9.90 Å². The van der Waals surface area contributed by atoms with Crippen molar-refractivity contribution in [1.29, 1.82) is 0 Å². The predicted octanol–water partition coefficient (Wildman–Crippen LogP) is 0.928. The lowest BCUT2D eigenvalue weighted by molar-refractivity contribution is -0.123. The lowest BCUT2D eigenvalue weighted by Gasteiger charge is -2.36. The summed E-state index contributed by atoms with van der Waals surface area (Å²) in [5.74, 6) is 0.924. The van der Waals surface area contributed by atoms with Crippen molar-refractivity contribution < 1.29 is 9.90 Å². The van der Waals surface area contributed by atoms with Crippen LogP contribution in [0.5, 0.6) is 0 Å². The molecular weight excluding hydrogens is 366 g/mol. The highest BCUT2D eigenvalue weighted by atomic mass is 16.3. The molecule has 1 aliphatic heterocycles. The van der Waals surface area contributed by atoms with Crippen LogP contribution in [0.2, 0.25) is 0 Å². The maximum Gasteiger partial charge on any atom is 0.234 e. The number of nitrogens with one attached hydrogen (secondary N) is 2. The molecule has 0 saturated carbocycles. The molecule has 1 saturated heterocycles. The minimum atomic E-state index is -0.881. The first-order valence-electron chi connectivity index (χ1n) is 10.8. The van der Waals surface area contributed by atoms with Gasteiger partial charge in [0, 0.05) is 38.8 Å². The van der Waals surface area contributed by atoms with Crippen LogP contribution in [0.1, 0.15) is 38.3 Å². The molecule has 7 nitrogen and oxygen atoms in total. The van der Waals surface area contributed by atoms with Crippen molar-refractivity contribution in [1.82, 2.24) is 20.4 Å². The topological polar surface area (TPSA) is 80.2 Å². The highest BCUT2D eigenvalue weighted by molar-refractivity contribution is 5.80. The van der Waals surface area contributed by atoms with E-state index in [1.54, 1.807) is 0 Å². The molecule has 1 aromatic rings. The first kappa shape index (κ1) is 21.6. The average Bonchev–Trinajstić information content (AvgIpc) is 3.03. The Bertz CT molecular complexity index is 728. The molecule has 1 aliphatic carbocycles. The van der Waals surface area contributed by atoms with Gasteiger partial charge < -0.3 is 20.6 Å². The fraction of sp³-hybridized carbons (Fsp3) is 0.636. The fourth-order valence-electron chi connectivity index (χ4n) is 4.15. The SMILES string of the molecule is CCNC(=NCC1(O)CCc2ccccc21)N1CCN(CC(=O)NC(C)C)CC1. The Morgan fingerprint density at radius 2 is 1.97 bits per heavy atom. The number of amides is 1. The monoisotopic (exact) mass is 401 g/mol. The standard InChI is InChI=1S/C22H35N5O2/c1-4-23-21(24-16-22(29)10-9-18-7-5-6-8-19(18)22)27-13-11-26(12-14-27)15-20(28)25-17(2)3/h5-8,17,29H,4,9-16H2,1-3H3,(H,23,24)(H,25,28). The van der Waals surface area contributed by atoms with Crippen molar-refractivity contribution in [2.24, 2.45) is 4.99 Å². The number of fused-ring (bicyclic) bond motifs is 1. The van der Waals surface area contributed by atoms with E-state index >= 15 is 0 Å². The number of nitrogens with zero attached hydrogens (tertiary/aromatic N) is 3. The number of carbonyl (C=O) groups is 1. The van der Waals surface area contributed by atoms with Crippen molar-refractivity contribution in [3.05, 3.63) is 35.4 Å². The first-order valence-corrected chi connectivity index (χ1v) is 10.8. The van der Waals surface area contributed by atoms with Crippen molar-refractivity contribution in [3.63, 3.8) is 0 Å². The maximum atomic E-state index is 12.0. The van der Waals surface area contributed by atoms with Crippen LogP contribution in [0.4, 0.5) is 0 Å². The Morgan fingerprint density at radius 1 is 1.24 bits per heavy atom. The van der Waals surface area contributed by atoms with Gasteiger partial charge in [0.1, 0.15) is 5.60 Å². The van der Waals surface area contributed by atoms with Crippen LogP contribution in [0.25, 0.3) is 0 Å². The smallest absolute Gasteiger partial charge is 0.234 e. The van der Waals surface area contributed by atoms with Gasteiger partial charge in [-0.3, -0.25) is 9.69 Å². The van der Waals surface area contributed by atoms with Crippen LogP contribution in [0, 0.1) is 0 Å². The number of piperazine rings is 1. The van der Waals surface area contributed by atoms with E-state index in [1.165, 1.54) is 5.56 Å². The van der Waals surface area contributed by atoms with Crippen molar-refractivity contribution in [2.75, 3.05) is 45.8 Å². The van der Waals surface area contributed by atoms with Crippen LogP contribution in [0.15, 0.2) is 29.3 Å². The maximum absolute atomic E-state index is 12.0. The third-order valence-electron chi connectivity index (χ3n) is 5.64. The predicted molar refractivity (Wildman–Crippen MR) is 116 cm³/mol. The van der Waals surface area contributed by atoms with Crippen molar-refractivity contribution in [2.45, 2.75) is 45.3 Å². The molecule has 0 bridgehead atoms. The Balaban J connectivity index is 1.59. The number of aryl methyl sites for hydroxylation is 1. The van der Waals surface area contributed by atoms with Gasteiger partial charge in [0.05, 0.1) is 13.1 Å². The van der Waals surface area contributed by atoms with E-state index in [-0.39, 0.29) is 11.9 Å². The lowest BCUT2D eigenvalue weighted by atomic mass is 9.96. The summed E-state index contributed by atoms with van der Waals surface area (Å²) in [5, 5.41) is 17.5. The molecule has 1 unspecified atom stereocenters. The Hall–Kier alpha value is -2.12. The van der Waals surface area contributed by atoms with E-state index in [2.05, 4.69) is 33.4 Å². The second-order valence-electron chi connectivity index (χ2n) is 8.34. The van der Waals surface area contributed by atoms with E-state index in [0.717, 1.165) is 50.7 Å². The molecule has 1 atom stereocenters. The van der Waals surface area contributed by atoms with Gasteiger partial charge in [0.2, 0.25) is 5.91 Å². The number of benzene rings is 1. The summed E-state index contributed by atoms with van der Waals surface area (Å²) in [6, 6.07) is 8.29. The van der Waals surface area contributed by atoms with Crippen LogP contribution in [0.3, 0.4) is 0 Å². The summed E-state index contributed by atoms with van der Waals surface area (Å²) < 4.78 is 0. The second kappa shape index (κ2) is 9.59. The van der Waals surface area contributed by atoms with Gasteiger partial charge in [0.15, 0.2) is 5.96 Å². The third kappa shape index (κ3) is 5.48. The average molecular weight is 402 g/mol. The fourth-order valence-corrected chi connectivity index (χ4v) is 4.15. The Morgan fingerprint density at radius 3 is 2.66 bits per heavy atom. The summed E-state index contributed by atoms with van der Waals surface area (Å²) in [5.41, 5.74) is 1.36. The summed E-state index contributed by atoms with van der Waals surface area (Å²) in [4.78, 5) is 21.2. The number of aliphatic hydroxyl groups is 1. The number of hydrogen-bond acceptors (Lipinski definition) is 4. The van der Waals surface area contributed by atoms with E-state index in [0.29, 0.717) is 19.5 Å². The molecule has 29 heavy (non-hydrogen) atoms. The summed E-state index contributed by atoms with van der Waals surface area (Å²) in [6.07, 6.45) is 1.61. The van der Waals surface area contributed by atoms with Crippen LogP contribution in [-0.4, -0.2) is 78.6 Å². The lowest BCUT2D eigenvalue weighted by Crippen LogP contribution is -2.54. The number of rotatable bonds is 6. The summed E-state index contributed by atoms with van der Waals surface area (Å²) in [6.45, 7) is 10.9. The molecule has 160 valence electrons. The number of hydrogen-bond donors (Lipinski definition) is 3. The Kier molecular flexibility index (Phi) is 7.14. The molecule has 3 N–H and O–H groups in total. The van der Waals surface area contributed by atoms with Crippen LogP contribution < -0.4 is 10.6 Å². The quantitative estimate of drug-likeness (QED) is 0.488. The zero-order valence-corrected chi connectivity index (χ0v) is 17.9. The van der Waals surface area contributed by atoms with E-state index in [1.807, 2.05) is 32.0 Å². The summed E-state index contributed by atoms with van der Waals surface area (Å²) >= 11 is 0. The molecule has 0 spiro atoms. The number of guanidine groups is 1. The van der Waals surface area contributed by atoms with Crippen molar-refractivity contribution >= 4 is 11.9 Å². The Labute approximate surface area is 174 Å². The molecule has 1 amide bonds. The zero-order valence-electron chi connectivity index (χ0n) is 17.9. The van der Waals surface area contributed by atoms with E-state index in [4.69, 9.17) is 4.99 Å². The zero-order chi connectivity index (χ0) is 20.9. The molecule has 0 aromatic heterocycles. The molecule has 0 radical (unpaired) electrons. The van der Waals surface area contributed by atoms with Gasteiger partial charge in [-0.05, 0) is 44.7 Å². The van der Waals surface area contributed by atoms with Gasteiger partial charge in [-0.25, -0.2) is 4.99 Å². The largest absolute Gasteiger partial charge is 0.383 e. The molecule has 7 heteroatoms. The first-order chi connectivity index (χ1) is 13.9. The minimum Gasteiger partial charge on any atom is -0.383 e. The van der Waals surface area contributed by atoms with Gasteiger partial charge >= 0.3 is 0 Å². The normalized spacial score (nSPS) is 22.7. The molecular formula is C22H35N5O2. The molecule has 3 rings (SSSR count). The molecule has 1 aromatic carbocycles. The van der Waals surface area contributed by atoms with Gasteiger partial charge in [-0.15, -0.1) is 0 Å².